The van der Waals surface area contributed by atoms with Gasteiger partial charge in [-0.25, -0.2) is 8.42 Å². The molecule has 0 spiro atoms. The Labute approximate surface area is 158 Å². The fourth-order valence-electron chi connectivity index (χ4n) is 3.37. The van der Waals surface area contributed by atoms with E-state index < -0.39 is 10.0 Å². The van der Waals surface area contributed by atoms with E-state index in [9.17, 15) is 13.2 Å². The number of nitrogens with one attached hydrogen (secondary N) is 1. The summed E-state index contributed by atoms with van der Waals surface area (Å²) in [6.45, 7) is 5.72. The zero-order chi connectivity index (χ0) is 19.0. The molecule has 1 atom stereocenters. The van der Waals surface area contributed by atoms with Gasteiger partial charge >= 0.3 is 0 Å². The van der Waals surface area contributed by atoms with Gasteiger partial charge in [0, 0.05) is 25.6 Å². The molecule has 1 saturated heterocycles. The van der Waals surface area contributed by atoms with Crippen molar-refractivity contribution in [3.05, 3.63) is 29.8 Å². The van der Waals surface area contributed by atoms with Crippen molar-refractivity contribution in [2.24, 2.45) is 5.92 Å². The maximum Gasteiger partial charge on any atom is 0.243 e. The van der Waals surface area contributed by atoms with Crippen LogP contribution in [-0.2, 0) is 21.4 Å². The third-order valence-corrected chi connectivity index (χ3v) is 6.98. The van der Waals surface area contributed by atoms with Gasteiger partial charge in [-0.1, -0.05) is 45.2 Å². The van der Waals surface area contributed by atoms with Crippen molar-refractivity contribution in [1.82, 2.24) is 9.62 Å². The molecule has 1 amide bonds. The molecule has 0 saturated carbocycles. The lowest BCUT2D eigenvalue weighted by molar-refractivity contribution is -0.125. The molecule has 1 fully saturated rings. The van der Waals surface area contributed by atoms with Gasteiger partial charge < -0.3 is 5.32 Å². The quantitative estimate of drug-likeness (QED) is 0.710. The smallest absolute Gasteiger partial charge is 0.243 e. The largest absolute Gasteiger partial charge is 0.352 e. The summed E-state index contributed by atoms with van der Waals surface area (Å²) >= 11 is 0. The molecule has 0 radical (unpaired) electrons. The number of nitrogens with zero attached hydrogens (tertiary/aromatic N) is 1. The highest BCUT2D eigenvalue weighted by atomic mass is 32.2. The fourth-order valence-corrected chi connectivity index (χ4v) is 4.96. The highest BCUT2D eigenvalue weighted by Crippen LogP contribution is 2.21. The van der Waals surface area contributed by atoms with Crippen LogP contribution in [0.25, 0.3) is 0 Å². The Kier molecular flexibility index (Phi) is 8.10. The zero-order valence-corrected chi connectivity index (χ0v) is 16.9. The van der Waals surface area contributed by atoms with E-state index in [2.05, 4.69) is 12.2 Å². The summed E-state index contributed by atoms with van der Waals surface area (Å²) in [5.41, 5.74) is 0.821. The first-order valence-corrected chi connectivity index (χ1v) is 11.3. The Morgan fingerprint density at radius 3 is 2.58 bits per heavy atom. The first-order chi connectivity index (χ1) is 12.5. The maximum atomic E-state index is 12.8. The molecule has 6 heteroatoms. The number of rotatable bonds is 9. The molecule has 146 valence electrons. The van der Waals surface area contributed by atoms with Gasteiger partial charge in [-0.2, -0.15) is 4.31 Å². The van der Waals surface area contributed by atoms with E-state index in [0.717, 1.165) is 50.5 Å². The number of hydrogen-bond donors (Lipinski definition) is 1. The van der Waals surface area contributed by atoms with Crippen LogP contribution in [0.5, 0.6) is 0 Å². The van der Waals surface area contributed by atoms with Gasteiger partial charge in [0.2, 0.25) is 15.9 Å². The van der Waals surface area contributed by atoms with E-state index in [4.69, 9.17) is 0 Å². The number of hydrogen-bond acceptors (Lipinski definition) is 3. The molecular formula is C20H32N2O3S. The maximum absolute atomic E-state index is 12.8. The summed E-state index contributed by atoms with van der Waals surface area (Å²) in [5, 5.41) is 2.97. The summed E-state index contributed by atoms with van der Waals surface area (Å²) in [4.78, 5) is 12.7. The van der Waals surface area contributed by atoms with E-state index >= 15 is 0 Å². The van der Waals surface area contributed by atoms with Gasteiger partial charge in [0.15, 0.2) is 0 Å². The van der Waals surface area contributed by atoms with Crippen molar-refractivity contribution in [1.29, 1.82) is 0 Å². The molecule has 26 heavy (non-hydrogen) atoms. The fraction of sp³-hybridized carbons (Fsp3) is 0.650. The minimum atomic E-state index is -3.44. The Balaban J connectivity index is 2.01. The predicted molar refractivity (Wildman–Crippen MR) is 104 cm³/mol. The molecule has 1 aliphatic heterocycles. The van der Waals surface area contributed by atoms with Crippen LogP contribution in [0.2, 0.25) is 0 Å². The average molecular weight is 381 g/mol. The van der Waals surface area contributed by atoms with Crippen LogP contribution < -0.4 is 5.32 Å². The second-order valence-corrected chi connectivity index (χ2v) is 9.02. The van der Waals surface area contributed by atoms with Crippen LogP contribution in [-0.4, -0.2) is 31.7 Å². The first kappa shape index (κ1) is 20.9. The minimum absolute atomic E-state index is 0.0372. The van der Waals surface area contributed by atoms with Crippen LogP contribution in [0.1, 0.15) is 64.4 Å². The SMILES string of the molecule is CCCCC(CC)C(=O)NCc1cccc(S(=O)(=O)N2CCCCC2)c1. The number of carbonyl (C=O) groups excluding carboxylic acids is 1. The lowest BCUT2D eigenvalue weighted by Crippen LogP contribution is -2.35. The number of unbranched alkanes of at least 4 members (excludes halogenated alkanes) is 1. The molecule has 2 rings (SSSR count). The van der Waals surface area contributed by atoms with Crippen LogP contribution >= 0.6 is 0 Å². The van der Waals surface area contributed by atoms with Gasteiger partial charge in [0.1, 0.15) is 0 Å². The van der Waals surface area contributed by atoms with Crippen LogP contribution in [0.4, 0.5) is 0 Å². The number of sulfonamides is 1. The first-order valence-electron chi connectivity index (χ1n) is 9.85. The summed E-state index contributed by atoms with van der Waals surface area (Å²) in [7, 11) is -3.44. The number of benzene rings is 1. The molecular weight excluding hydrogens is 348 g/mol. The monoisotopic (exact) mass is 380 g/mol. The van der Waals surface area contributed by atoms with Gasteiger partial charge in [0.05, 0.1) is 4.90 Å². The molecule has 1 aromatic rings. The second-order valence-electron chi connectivity index (χ2n) is 7.08. The van der Waals surface area contributed by atoms with Crippen molar-refractivity contribution in [3.8, 4) is 0 Å². The Hall–Kier alpha value is -1.40. The van der Waals surface area contributed by atoms with Crippen molar-refractivity contribution in [3.63, 3.8) is 0 Å². The van der Waals surface area contributed by atoms with E-state index in [1.807, 2.05) is 13.0 Å². The Morgan fingerprint density at radius 1 is 1.19 bits per heavy atom. The van der Waals surface area contributed by atoms with Gasteiger partial charge in [-0.3, -0.25) is 4.79 Å². The van der Waals surface area contributed by atoms with E-state index in [1.165, 1.54) is 0 Å². The van der Waals surface area contributed by atoms with E-state index in [0.29, 0.717) is 24.5 Å². The van der Waals surface area contributed by atoms with Crippen molar-refractivity contribution < 1.29 is 13.2 Å². The zero-order valence-electron chi connectivity index (χ0n) is 16.0. The second kappa shape index (κ2) is 10.1. The predicted octanol–water partition coefficient (Wildman–Crippen LogP) is 3.69. The molecule has 1 aliphatic rings. The third kappa shape index (κ3) is 5.55. The standard InChI is InChI=1S/C20H32N2O3S/c1-3-5-11-18(4-2)20(23)21-16-17-10-9-12-19(15-17)26(24,25)22-13-7-6-8-14-22/h9-10,12,15,18H,3-8,11,13-14,16H2,1-2H3,(H,21,23). The van der Waals surface area contributed by atoms with Gasteiger partial charge in [-0.05, 0) is 43.4 Å². The molecule has 0 bridgehead atoms. The topological polar surface area (TPSA) is 66.5 Å². The molecule has 1 aromatic carbocycles. The van der Waals surface area contributed by atoms with Crippen molar-refractivity contribution in [2.75, 3.05) is 13.1 Å². The van der Waals surface area contributed by atoms with Crippen LogP contribution in [0, 0.1) is 5.92 Å². The normalized spacial score (nSPS) is 17.0. The molecule has 5 nitrogen and oxygen atoms in total. The van der Waals surface area contributed by atoms with Crippen LogP contribution in [0.15, 0.2) is 29.2 Å². The summed E-state index contributed by atoms with van der Waals surface area (Å²) in [5.74, 6) is 0.0976. The molecule has 1 heterocycles. The lowest BCUT2D eigenvalue weighted by atomic mass is 9.98. The summed E-state index contributed by atoms with van der Waals surface area (Å²) in [6, 6.07) is 6.96. The third-order valence-electron chi connectivity index (χ3n) is 5.09. The average Bonchev–Trinajstić information content (AvgIpc) is 2.68. The number of piperidine rings is 1. The Morgan fingerprint density at radius 2 is 1.92 bits per heavy atom. The van der Waals surface area contributed by atoms with Crippen LogP contribution in [0.3, 0.4) is 0 Å². The summed E-state index contributed by atoms with van der Waals surface area (Å²) in [6.07, 6.45) is 6.80. The van der Waals surface area contributed by atoms with Crippen molar-refractivity contribution >= 4 is 15.9 Å². The van der Waals surface area contributed by atoms with E-state index in [1.54, 1.807) is 22.5 Å². The van der Waals surface area contributed by atoms with Gasteiger partial charge in [-0.15, -0.1) is 0 Å². The van der Waals surface area contributed by atoms with Gasteiger partial charge in [0.25, 0.3) is 0 Å². The number of amides is 1. The number of carbonyl (C=O) groups is 1. The van der Waals surface area contributed by atoms with E-state index in [-0.39, 0.29) is 11.8 Å². The Bertz CT molecular complexity index is 682. The highest BCUT2D eigenvalue weighted by molar-refractivity contribution is 7.89. The summed E-state index contributed by atoms with van der Waals surface area (Å²) < 4.78 is 27.2. The molecule has 0 aliphatic carbocycles. The molecule has 1 unspecified atom stereocenters. The minimum Gasteiger partial charge on any atom is -0.352 e. The molecule has 0 aromatic heterocycles. The van der Waals surface area contributed by atoms with Crippen molar-refractivity contribution in [2.45, 2.75) is 70.2 Å². The molecule has 1 N–H and O–H groups in total. The highest BCUT2D eigenvalue weighted by Gasteiger charge is 2.26. The lowest BCUT2D eigenvalue weighted by Gasteiger charge is -2.26.